The molecule has 6 heteroatoms. The lowest BCUT2D eigenvalue weighted by atomic mass is 10.3. The molecule has 1 aromatic heterocycles. The summed E-state index contributed by atoms with van der Waals surface area (Å²) in [6.45, 7) is 15.0. The fourth-order valence-corrected chi connectivity index (χ4v) is 3.03. The van der Waals surface area contributed by atoms with Gasteiger partial charge in [-0.3, -0.25) is 9.67 Å². The molecule has 0 radical (unpaired) electrons. The van der Waals surface area contributed by atoms with Crippen molar-refractivity contribution in [2.24, 2.45) is 4.99 Å². The molecule has 0 atom stereocenters. The van der Waals surface area contributed by atoms with E-state index < -0.39 is 0 Å². The normalized spacial score (nSPS) is 12.0. The van der Waals surface area contributed by atoms with Gasteiger partial charge < -0.3 is 15.5 Å². The molecule has 1 aromatic rings. The Bertz CT molecular complexity index is 488. The minimum Gasteiger partial charge on any atom is -0.356 e. The summed E-state index contributed by atoms with van der Waals surface area (Å²) in [4.78, 5) is 6.85. The zero-order valence-corrected chi connectivity index (χ0v) is 16.9. The first-order valence-electron chi connectivity index (χ1n) is 9.78. The molecule has 0 fully saturated rings. The van der Waals surface area contributed by atoms with Crippen molar-refractivity contribution in [3.8, 4) is 0 Å². The number of nitrogens with zero attached hydrogens (tertiary/aromatic N) is 4. The first kappa shape index (κ1) is 21.5. The minimum absolute atomic E-state index is 0.894. The number of aromatic nitrogens is 2. The Morgan fingerprint density at radius 1 is 1.08 bits per heavy atom. The number of guanidine groups is 1. The molecular formula is C19H38N6. The Hall–Kier alpha value is -1.56. The van der Waals surface area contributed by atoms with Gasteiger partial charge in [0.25, 0.3) is 0 Å². The van der Waals surface area contributed by atoms with E-state index >= 15 is 0 Å². The smallest absolute Gasteiger partial charge is 0.190 e. The van der Waals surface area contributed by atoms with E-state index in [1.165, 1.54) is 31.6 Å². The van der Waals surface area contributed by atoms with Crippen LogP contribution in [0.2, 0.25) is 0 Å². The highest BCUT2D eigenvalue weighted by atomic mass is 15.3. The number of rotatable bonds is 12. The standard InChI is InChI=1S/C19H38N6/c1-6-12-24(13-7-2)14-8-10-21-19(20-5)22-11-9-15-25-18(4)16-17(3)23-25/h16H,6-15H2,1-5H3,(H2,20,21,22). The molecule has 144 valence electrons. The number of hydrogen-bond acceptors (Lipinski definition) is 3. The van der Waals surface area contributed by atoms with E-state index in [9.17, 15) is 0 Å². The highest BCUT2D eigenvalue weighted by Gasteiger charge is 2.03. The second-order valence-corrected chi connectivity index (χ2v) is 6.62. The van der Waals surface area contributed by atoms with Gasteiger partial charge in [-0.1, -0.05) is 13.8 Å². The van der Waals surface area contributed by atoms with Crippen LogP contribution in [-0.2, 0) is 6.54 Å². The van der Waals surface area contributed by atoms with Crippen LogP contribution >= 0.6 is 0 Å². The summed E-state index contributed by atoms with van der Waals surface area (Å²) in [5.74, 6) is 0.894. The van der Waals surface area contributed by atoms with E-state index in [1.54, 1.807) is 0 Å². The Balaban J connectivity index is 2.16. The van der Waals surface area contributed by atoms with Crippen LogP contribution in [0, 0.1) is 13.8 Å². The number of aliphatic imine (C=N–C) groups is 1. The molecular weight excluding hydrogens is 312 g/mol. The Labute approximate surface area is 154 Å². The van der Waals surface area contributed by atoms with Crippen LogP contribution in [0.5, 0.6) is 0 Å². The molecule has 0 aliphatic carbocycles. The van der Waals surface area contributed by atoms with Crippen molar-refractivity contribution in [1.82, 2.24) is 25.3 Å². The molecule has 0 spiro atoms. The molecule has 0 aliphatic rings. The van der Waals surface area contributed by atoms with Crippen LogP contribution in [0.1, 0.15) is 50.9 Å². The summed E-state index contributed by atoms with van der Waals surface area (Å²) < 4.78 is 2.07. The maximum absolute atomic E-state index is 4.49. The van der Waals surface area contributed by atoms with Crippen molar-refractivity contribution in [3.63, 3.8) is 0 Å². The monoisotopic (exact) mass is 350 g/mol. The first-order valence-corrected chi connectivity index (χ1v) is 9.78. The average Bonchev–Trinajstić information content (AvgIpc) is 2.91. The van der Waals surface area contributed by atoms with Gasteiger partial charge in [0.15, 0.2) is 5.96 Å². The van der Waals surface area contributed by atoms with Crippen molar-refractivity contribution in [1.29, 1.82) is 0 Å². The van der Waals surface area contributed by atoms with Crippen molar-refractivity contribution in [3.05, 3.63) is 17.5 Å². The third kappa shape index (κ3) is 8.91. The third-order valence-electron chi connectivity index (χ3n) is 4.19. The molecule has 2 N–H and O–H groups in total. The van der Waals surface area contributed by atoms with Crippen LogP contribution in [0.4, 0.5) is 0 Å². The molecule has 1 rings (SSSR count). The zero-order valence-electron chi connectivity index (χ0n) is 16.9. The quantitative estimate of drug-likeness (QED) is 0.346. The summed E-state index contributed by atoms with van der Waals surface area (Å²) in [5, 5.41) is 11.3. The highest BCUT2D eigenvalue weighted by Crippen LogP contribution is 2.02. The van der Waals surface area contributed by atoms with Gasteiger partial charge >= 0.3 is 0 Å². The second-order valence-electron chi connectivity index (χ2n) is 6.62. The molecule has 0 saturated carbocycles. The topological polar surface area (TPSA) is 57.5 Å². The summed E-state index contributed by atoms with van der Waals surface area (Å²) >= 11 is 0. The van der Waals surface area contributed by atoms with Gasteiger partial charge in [-0.25, -0.2) is 0 Å². The van der Waals surface area contributed by atoms with Gasteiger partial charge in [-0.15, -0.1) is 0 Å². The number of hydrogen-bond donors (Lipinski definition) is 2. The van der Waals surface area contributed by atoms with Crippen LogP contribution < -0.4 is 10.6 Å². The van der Waals surface area contributed by atoms with E-state index in [4.69, 9.17) is 0 Å². The Morgan fingerprint density at radius 3 is 2.24 bits per heavy atom. The average molecular weight is 351 g/mol. The predicted octanol–water partition coefficient (Wildman–Crippen LogP) is 2.57. The van der Waals surface area contributed by atoms with E-state index in [0.29, 0.717) is 0 Å². The fourth-order valence-electron chi connectivity index (χ4n) is 3.03. The second kappa shape index (κ2) is 12.8. The maximum Gasteiger partial charge on any atom is 0.190 e. The Kier molecular flexibility index (Phi) is 11.0. The van der Waals surface area contributed by atoms with Gasteiger partial charge in [-0.2, -0.15) is 5.10 Å². The summed E-state index contributed by atoms with van der Waals surface area (Å²) in [5.41, 5.74) is 2.31. The molecule has 0 amide bonds. The van der Waals surface area contributed by atoms with Gasteiger partial charge in [0, 0.05) is 32.4 Å². The first-order chi connectivity index (χ1) is 12.1. The summed E-state index contributed by atoms with van der Waals surface area (Å²) in [7, 11) is 1.83. The largest absolute Gasteiger partial charge is 0.356 e. The third-order valence-corrected chi connectivity index (χ3v) is 4.19. The van der Waals surface area contributed by atoms with E-state index in [2.05, 4.69) is 57.1 Å². The number of aryl methyl sites for hydroxylation is 3. The lowest BCUT2D eigenvalue weighted by molar-refractivity contribution is 0.271. The van der Waals surface area contributed by atoms with Crippen molar-refractivity contribution >= 4 is 5.96 Å². The van der Waals surface area contributed by atoms with Gasteiger partial charge in [0.2, 0.25) is 0 Å². The zero-order chi connectivity index (χ0) is 18.5. The van der Waals surface area contributed by atoms with Crippen molar-refractivity contribution in [2.75, 3.05) is 39.8 Å². The van der Waals surface area contributed by atoms with Crippen LogP contribution in [-0.4, -0.2) is 60.4 Å². The van der Waals surface area contributed by atoms with E-state index in [0.717, 1.165) is 50.7 Å². The molecule has 0 aromatic carbocycles. The SMILES string of the molecule is CCCN(CCC)CCCNC(=NC)NCCCn1nc(C)cc1C. The molecule has 0 bridgehead atoms. The van der Waals surface area contributed by atoms with Crippen molar-refractivity contribution < 1.29 is 0 Å². The van der Waals surface area contributed by atoms with E-state index in [-0.39, 0.29) is 0 Å². The van der Waals surface area contributed by atoms with Gasteiger partial charge in [-0.05, 0) is 65.2 Å². The summed E-state index contributed by atoms with van der Waals surface area (Å²) in [6.07, 6.45) is 4.63. The molecule has 0 unspecified atom stereocenters. The molecule has 0 aliphatic heterocycles. The molecule has 1 heterocycles. The Morgan fingerprint density at radius 2 is 1.72 bits per heavy atom. The van der Waals surface area contributed by atoms with Crippen LogP contribution in [0.25, 0.3) is 0 Å². The maximum atomic E-state index is 4.49. The lowest BCUT2D eigenvalue weighted by Gasteiger charge is -2.21. The van der Waals surface area contributed by atoms with Crippen LogP contribution in [0.15, 0.2) is 11.1 Å². The van der Waals surface area contributed by atoms with Gasteiger partial charge in [0.1, 0.15) is 0 Å². The predicted molar refractivity (Wildman–Crippen MR) is 107 cm³/mol. The highest BCUT2D eigenvalue weighted by molar-refractivity contribution is 5.79. The van der Waals surface area contributed by atoms with E-state index in [1.807, 2.05) is 14.0 Å². The minimum atomic E-state index is 0.894. The van der Waals surface area contributed by atoms with Crippen LogP contribution in [0.3, 0.4) is 0 Å². The molecule has 0 saturated heterocycles. The molecule has 25 heavy (non-hydrogen) atoms. The summed E-state index contributed by atoms with van der Waals surface area (Å²) in [6, 6.07) is 2.12. The molecule has 6 nitrogen and oxygen atoms in total. The number of nitrogens with one attached hydrogen (secondary N) is 2. The van der Waals surface area contributed by atoms with Gasteiger partial charge in [0.05, 0.1) is 5.69 Å². The van der Waals surface area contributed by atoms with Crippen molar-refractivity contribution in [2.45, 2.75) is 59.9 Å². The lowest BCUT2D eigenvalue weighted by Crippen LogP contribution is -2.39. The fraction of sp³-hybridized carbons (Fsp3) is 0.789.